The van der Waals surface area contributed by atoms with Crippen molar-refractivity contribution in [1.82, 2.24) is 0 Å². The third kappa shape index (κ3) is 3.42. The predicted molar refractivity (Wildman–Crippen MR) is 79.7 cm³/mol. The van der Waals surface area contributed by atoms with Gasteiger partial charge >= 0.3 is 0 Å². The molecule has 1 aromatic rings. The van der Waals surface area contributed by atoms with E-state index in [-0.39, 0.29) is 5.84 Å². The van der Waals surface area contributed by atoms with Crippen molar-refractivity contribution >= 4 is 29.2 Å². The lowest BCUT2D eigenvalue weighted by Gasteiger charge is -2.26. The molecule has 1 aliphatic rings. The molecule has 0 aliphatic heterocycles. The molecule has 1 saturated carbocycles. The summed E-state index contributed by atoms with van der Waals surface area (Å²) in [6.07, 6.45) is 5.23. The van der Waals surface area contributed by atoms with Gasteiger partial charge in [-0.2, -0.15) is 0 Å². The summed E-state index contributed by atoms with van der Waals surface area (Å²) in [6, 6.07) is 5.66. The lowest BCUT2D eigenvalue weighted by atomic mass is 9.91. The number of nitrogens with two attached hydrogens (primary N) is 1. The van der Waals surface area contributed by atoms with E-state index >= 15 is 0 Å². The van der Waals surface area contributed by atoms with Crippen LogP contribution in [-0.2, 0) is 0 Å². The SMILES string of the molecule is CC1CCCC(Sc2ccc(C(=N)N)cc2Cl)C1. The number of thioether (sulfide) groups is 1. The highest BCUT2D eigenvalue weighted by Gasteiger charge is 2.20. The summed E-state index contributed by atoms with van der Waals surface area (Å²) in [4.78, 5) is 1.11. The van der Waals surface area contributed by atoms with E-state index in [1.165, 1.54) is 25.7 Å². The Morgan fingerprint density at radius 2 is 2.22 bits per heavy atom. The molecule has 0 amide bonds. The number of nitrogen functional groups attached to an aromatic ring is 1. The first kappa shape index (κ1) is 13.8. The summed E-state index contributed by atoms with van der Waals surface area (Å²) in [7, 11) is 0. The van der Waals surface area contributed by atoms with Gasteiger partial charge in [-0.05, 0) is 30.9 Å². The number of hydrogen-bond acceptors (Lipinski definition) is 2. The summed E-state index contributed by atoms with van der Waals surface area (Å²) in [5.41, 5.74) is 6.15. The number of benzene rings is 1. The van der Waals surface area contributed by atoms with Crippen molar-refractivity contribution < 1.29 is 0 Å². The monoisotopic (exact) mass is 282 g/mol. The molecule has 0 bridgehead atoms. The quantitative estimate of drug-likeness (QED) is 0.642. The van der Waals surface area contributed by atoms with Gasteiger partial charge < -0.3 is 5.73 Å². The zero-order chi connectivity index (χ0) is 13.1. The Balaban J connectivity index is 2.07. The zero-order valence-corrected chi connectivity index (χ0v) is 12.2. The van der Waals surface area contributed by atoms with E-state index in [2.05, 4.69) is 6.92 Å². The molecule has 2 rings (SSSR count). The normalized spacial score (nSPS) is 23.9. The van der Waals surface area contributed by atoms with E-state index < -0.39 is 0 Å². The van der Waals surface area contributed by atoms with Gasteiger partial charge in [-0.25, -0.2) is 0 Å². The summed E-state index contributed by atoms with van der Waals surface area (Å²) < 4.78 is 0. The second-order valence-corrected chi connectivity index (χ2v) is 6.82. The summed E-state index contributed by atoms with van der Waals surface area (Å²) in [6.45, 7) is 2.33. The van der Waals surface area contributed by atoms with Gasteiger partial charge in [0, 0.05) is 15.7 Å². The van der Waals surface area contributed by atoms with Crippen molar-refractivity contribution in [3.63, 3.8) is 0 Å². The molecule has 0 aromatic heterocycles. The van der Waals surface area contributed by atoms with E-state index in [1.54, 1.807) is 6.07 Å². The van der Waals surface area contributed by atoms with Crippen molar-refractivity contribution in [3.8, 4) is 0 Å². The van der Waals surface area contributed by atoms with Crippen LogP contribution in [0.25, 0.3) is 0 Å². The zero-order valence-electron chi connectivity index (χ0n) is 10.6. The average Bonchev–Trinajstić information content (AvgIpc) is 2.31. The molecular formula is C14H19ClN2S. The molecule has 2 atom stereocenters. The molecule has 1 aliphatic carbocycles. The minimum Gasteiger partial charge on any atom is -0.384 e. The Morgan fingerprint density at radius 1 is 1.44 bits per heavy atom. The summed E-state index contributed by atoms with van der Waals surface area (Å²) in [5.74, 6) is 0.895. The standard InChI is InChI=1S/C14H19ClN2S/c1-9-3-2-4-11(7-9)18-13-6-5-10(14(16)17)8-12(13)15/h5-6,8-9,11H,2-4,7H2,1H3,(H3,16,17). The fourth-order valence-electron chi connectivity index (χ4n) is 2.43. The maximum Gasteiger partial charge on any atom is 0.122 e. The molecule has 2 unspecified atom stereocenters. The minimum atomic E-state index is 0.0692. The van der Waals surface area contributed by atoms with Crippen LogP contribution in [0, 0.1) is 11.3 Å². The molecule has 98 valence electrons. The topological polar surface area (TPSA) is 49.9 Å². The van der Waals surface area contributed by atoms with E-state index in [0.717, 1.165) is 10.8 Å². The smallest absolute Gasteiger partial charge is 0.122 e. The van der Waals surface area contributed by atoms with Gasteiger partial charge in [-0.1, -0.05) is 37.4 Å². The third-order valence-corrected chi connectivity index (χ3v) is 5.22. The van der Waals surface area contributed by atoms with Gasteiger partial charge in [-0.15, -0.1) is 11.8 Å². The molecule has 0 heterocycles. The molecule has 2 nitrogen and oxygen atoms in total. The predicted octanol–water partition coefficient (Wildman–Crippen LogP) is 4.29. The maximum absolute atomic E-state index is 7.39. The average molecular weight is 283 g/mol. The van der Waals surface area contributed by atoms with Crippen LogP contribution in [0.2, 0.25) is 5.02 Å². The van der Waals surface area contributed by atoms with E-state index in [4.69, 9.17) is 22.7 Å². The van der Waals surface area contributed by atoms with Gasteiger partial charge in [0.1, 0.15) is 5.84 Å². The highest BCUT2D eigenvalue weighted by Crippen LogP contribution is 2.38. The van der Waals surface area contributed by atoms with Crippen LogP contribution < -0.4 is 5.73 Å². The number of amidine groups is 1. The van der Waals surface area contributed by atoms with Crippen molar-refractivity contribution in [1.29, 1.82) is 5.41 Å². The number of hydrogen-bond donors (Lipinski definition) is 2. The van der Waals surface area contributed by atoms with Crippen molar-refractivity contribution in [3.05, 3.63) is 28.8 Å². The molecule has 0 spiro atoms. The van der Waals surface area contributed by atoms with Crippen molar-refractivity contribution in [2.45, 2.75) is 42.8 Å². The van der Waals surface area contributed by atoms with Crippen LogP contribution >= 0.6 is 23.4 Å². The lowest BCUT2D eigenvalue weighted by Crippen LogP contribution is -2.15. The van der Waals surface area contributed by atoms with Gasteiger partial charge in [0.05, 0.1) is 5.02 Å². The summed E-state index contributed by atoms with van der Waals surface area (Å²) in [5, 5.41) is 8.78. The molecule has 18 heavy (non-hydrogen) atoms. The van der Waals surface area contributed by atoms with Crippen LogP contribution in [0.5, 0.6) is 0 Å². The second-order valence-electron chi connectivity index (χ2n) is 5.07. The van der Waals surface area contributed by atoms with Crippen LogP contribution in [0.3, 0.4) is 0 Å². The molecule has 4 heteroatoms. The summed E-state index contributed by atoms with van der Waals surface area (Å²) >= 11 is 8.13. The van der Waals surface area contributed by atoms with Gasteiger partial charge in [0.25, 0.3) is 0 Å². The fourth-order valence-corrected chi connectivity index (χ4v) is 4.13. The van der Waals surface area contributed by atoms with Crippen LogP contribution in [-0.4, -0.2) is 11.1 Å². The van der Waals surface area contributed by atoms with Crippen LogP contribution in [0.15, 0.2) is 23.1 Å². The molecular weight excluding hydrogens is 264 g/mol. The highest BCUT2D eigenvalue weighted by atomic mass is 35.5. The molecule has 0 saturated heterocycles. The highest BCUT2D eigenvalue weighted by molar-refractivity contribution is 8.00. The largest absolute Gasteiger partial charge is 0.384 e. The first-order chi connectivity index (χ1) is 8.56. The van der Waals surface area contributed by atoms with E-state index in [9.17, 15) is 0 Å². The van der Waals surface area contributed by atoms with Crippen LogP contribution in [0.1, 0.15) is 38.2 Å². The van der Waals surface area contributed by atoms with Crippen molar-refractivity contribution in [2.24, 2.45) is 11.7 Å². The Hall–Kier alpha value is -0.670. The Bertz CT molecular complexity index is 447. The Morgan fingerprint density at radius 3 is 2.83 bits per heavy atom. The van der Waals surface area contributed by atoms with Gasteiger partial charge in [-0.3, -0.25) is 5.41 Å². The fraction of sp³-hybridized carbons (Fsp3) is 0.500. The minimum absolute atomic E-state index is 0.0692. The second kappa shape index (κ2) is 5.98. The van der Waals surface area contributed by atoms with Crippen molar-refractivity contribution in [2.75, 3.05) is 0 Å². The Labute approximate surface area is 118 Å². The molecule has 3 N–H and O–H groups in total. The van der Waals surface area contributed by atoms with Gasteiger partial charge in [0.15, 0.2) is 0 Å². The lowest BCUT2D eigenvalue weighted by molar-refractivity contribution is 0.394. The number of halogens is 1. The first-order valence-corrected chi connectivity index (χ1v) is 7.62. The van der Waals surface area contributed by atoms with Gasteiger partial charge in [0.2, 0.25) is 0 Å². The molecule has 1 aromatic carbocycles. The third-order valence-electron chi connectivity index (χ3n) is 3.42. The van der Waals surface area contributed by atoms with E-state index in [0.29, 0.717) is 15.8 Å². The van der Waals surface area contributed by atoms with Crippen LogP contribution in [0.4, 0.5) is 0 Å². The number of nitrogens with one attached hydrogen (secondary N) is 1. The maximum atomic E-state index is 7.39. The molecule has 0 radical (unpaired) electrons. The first-order valence-electron chi connectivity index (χ1n) is 6.37. The number of rotatable bonds is 3. The Kier molecular flexibility index (Phi) is 4.57. The molecule has 1 fully saturated rings. The van der Waals surface area contributed by atoms with E-state index in [1.807, 2.05) is 23.9 Å².